The first-order chi connectivity index (χ1) is 11.6. The van der Waals surface area contributed by atoms with E-state index in [0.29, 0.717) is 10.0 Å². The van der Waals surface area contributed by atoms with E-state index in [1.807, 2.05) is 36.4 Å². The Hall–Kier alpha value is -1.53. The summed E-state index contributed by atoms with van der Waals surface area (Å²) in [6.07, 6.45) is 0. The molecule has 1 aromatic heterocycles. The number of thiazole rings is 1. The maximum atomic E-state index is 11.5. The Morgan fingerprint density at radius 3 is 2.08 bits per heavy atom. The number of esters is 1. The van der Waals surface area contributed by atoms with Crippen molar-refractivity contribution in [3.63, 3.8) is 0 Å². The second-order valence-electron chi connectivity index (χ2n) is 4.80. The third kappa shape index (κ3) is 3.92. The Morgan fingerprint density at radius 2 is 1.54 bits per heavy atom. The van der Waals surface area contributed by atoms with Gasteiger partial charge in [0.25, 0.3) is 5.19 Å². The van der Waals surface area contributed by atoms with Crippen LogP contribution in [0, 0.1) is 0 Å². The second-order valence-corrected chi connectivity index (χ2v) is 6.95. The van der Waals surface area contributed by atoms with Crippen LogP contribution in [0.1, 0.15) is 0 Å². The summed E-state index contributed by atoms with van der Waals surface area (Å²) >= 11 is 17.1. The minimum absolute atomic E-state index is 0.00780. The summed E-state index contributed by atoms with van der Waals surface area (Å²) in [5, 5.41) is 1.57. The molecule has 0 aliphatic carbocycles. The Labute approximate surface area is 158 Å². The SMILES string of the molecule is O=C(CS)Oc1nc(-c2ccc(Cl)cc2)c(-c2ccc(Cl)cc2)s1. The van der Waals surface area contributed by atoms with Gasteiger partial charge in [-0.3, -0.25) is 4.79 Å². The summed E-state index contributed by atoms with van der Waals surface area (Å²) in [6, 6.07) is 14.8. The molecule has 0 N–H and O–H groups in total. The van der Waals surface area contributed by atoms with Crippen LogP contribution < -0.4 is 4.74 Å². The first-order valence-corrected chi connectivity index (χ1v) is 9.11. The summed E-state index contributed by atoms with van der Waals surface area (Å²) in [5.74, 6) is -0.455. The quantitative estimate of drug-likeness (QED) is 0.460. The van der Waals surface area contributed by atoms with Crippen LogP contribution in [0.5, 0.6) is 5.19 Å². The Kier molecular flexibility index (Phi) is 5.46. The number of benzene rings is 2. The smallest absolute Gasteiger partial charge is 0.322 e. The van der Waals surface area contributed by atoms with E-state index in [1.54, 1.807) is 12.1 Å². The number of aromatic nitrogens is 1. The minimum Gasteiger partial charge on any atom is -0.397 e. The van der Waals surface area contributed by atoms with Gasteiger partial charge in [0.1, 0.15) is 0 Å². The molecule has 0 spiro atoms. The first-order valence-electron chi connectivity index (χ1n) is 6.91. The van der Waals surface area contributed by atoms with Crippen molar-refractivity contribution in [3.05, 3.63) is 58.6 Å². The molecule has 0 aliphatic rings. The number of halogens is 2. The van der Waals surface area contributed by atoms with Gasteiger partial charge in [0.2, 0.25) is 0 Å². The third-order valence-corrected chi connectivity index (χ3v) is 4.91. The van der Waals surface area contributed by atoms with Crippen molar-refractivity contribution in [1.29, 1.82) is 0 Å². The summed E-state index contributed by atoms with van der Waals surface area (Å²) in [4.78, 5) is 16.8. The van der Waals surface area contributed by atoms with Crippen LogP contribution >= 0.6 is 47.2 Å². The predicted molar refractivity (Wildman–Crippen MR) is 102 cm³/mol. The van der Waals surface area contributed by atoms with E-state index >= 15 is 0 Å². The highest BCUT2D eigenvalue weighted by Gasteiger charge is 2.17. The highest BCUT2D eigenvalue weighted by Crippen LogP contribution is 2.40. The topological polar surface area (TPSA) is 39.2 Å². The van der Waals surface area contributed by atoms with Crippen molar-refractivity contribution in [2.45, 2.75) is 0 Å². The molecular formula is C17H11Cl2NO2S2. The monoisotopic (exact) mass is 395 g/mol. The molecule has 0 saturated carbocycles. The van der Waals surface area contributed by atoms with E-state index in [2.05, 4.69) is 17.6 Å². The maximum absolute atomic E-state index is 11.5. The molecule has 0 fully saturated rings. The number of thiol groups is 1. The van der Waals surface area contributed by atoms with Gasteiger partial charge in [0.05, 0.1) is 16.3 Å². The van der Waals surface area contributed by atoms with E-state index in [1.165, 1.54) is 11.3 Å². The maximum Gasteiger partial charge on any atom is 0.322 e. The standard InChI is InChI=1S/C17H11Cl2NO2S2/c18-12-5-1-10(2-6-12)15-16(11-3-7-13(19)8-4-11)24-17(20-15)22-14(21)9-23/h1-8,23H,9H2. The summed E-state index contributed by atoms with van der Waals surface area (Å²) in [7, 11) is 0. The number of rotatable bonds is 4. The molecule has 24 heavy (non-hydrogen) atoms. The number of carbonyl (C=O) groups is 1. The highest BCUT2D eigenvalue weighted by molar-refractivity contribution is 7.81. The number of nitrogens with zero attached hydrogens (tertiary/aromatic N) is 1. The third-order valence-electron chi connectivity index (χ3n) is 3.16. The van der Waals surface area contributed by atoms with Crippen LogP contribution in [0.25, 0.3) is 21.7 Å². The van der Waals surface area contributed by atoms with E-state index < -0.39 is 5.97 Å². The minimum atomic E-state index is -0.447. The largest absolute Gasteiger partial charge is 0.397 e. The van der Waals surface area contributed by atoms with Gasteiger partial charge >= 0.3 is 5.97 Å². The van der Waals surface area contributed by atoms with Gasteiger partial charge in [0.15, 0.2) is 0 Å². The lowest BCUT2D eigenvalue weighted by Gasteiger charge is -2.03. The van der Waals surface area contributed by atoms with E-state index in [-0.39, 0.29) is 10.9 Å². The fourth-order valence-electron chi connectivity index (χ4n) is 2.07. The molecule has 0 aliphatic heterocycles. The molecule has 1 heterocycles. The molecule has 0 unspecified atom stereocenters. The molecule has 3 aromatic rings. The number of carbonyl (C=O) groups excluding carboxylic acids is 1. The van der Waals surface area contributed by atoms with Crippen LogP contribution in [0.2, 0.25) is 10.0 Å². The van der Waals surface area contributed by atoms with E-state index in [4.69, 9.17) is 27.9 Å². The number of hydrogen-bond donors (Lipinski definition) is 1. The Bertz CT molecular complexity index is 798. The van der Waals surface area contributed by atoms with Crippen molar-refractivity contribution in [3.8, 4) is 26.9 Å². The average molecular weight is 396 g/mol. The fourth-order valence-corrected chi connectivity index (χ4v) is 3.35. The average Bonchev–Trinajstić information content (AvgIpc) is 2.99. The normalized spacial score (nSPS) is 10.6. The molecular weight excluding hydrogens is 385 g/mol. The highest BCUT2D eigenvalue weighted by atomic mass is 35.5. The van der Waals surface area contributed by atoms with Crippen molar-refractivity contribution >= 4 is 53.1 Å². The molecule has 3 rings (SSSR count). The van der Waals surface area contributed by atoms with Crippen molar-refractivity contribution < 1.29 is 9.53 Å². The number of ether oxygens (including phenoxy) is 1. The molecule has 0 radical (unpaired) electrons. The second kappa shape index (κ2) is 7.57. The lowest BCUT2D eigenvalue weighted by molar-refractivity contribution is -0.131. The number of hydrogen-bond acceptors (Lipinski definition) is 5. The predicted octanol–water partition coefficient (Wildman–Crippen LogP) is 5.62. The molecule has 0 saturated heterocycles. The molecule has 0 atom stereocenters. The Balaban J connectivity index is 2.08. The first kappa shape index (κ1) is 17.3. The molecule has 3 nitrogen and oxygen atoms in total. The molecule has 0 bridgehead atoms. The lowest BCUT2D eigenvalue weighted by atomic mass is 10.1. The van der Waals surface area contributed by atoms with Crippen LogP contribution in [0.15, 0.2) is 48.5 Å². The molecule has 7 heteroatoms. The zero-order valence-corrected chi connectivity index (χ0v) is 15.4. The van der Waals surface area contributed by atoms with Crippen molar-refractivity contribution in [2.24, 2.45) is 0 Å². The zero-order chi connectivity index (χ0) is 17.1. The van der Waals surface area contributed by atoms with Crippen LogP contribution in [0.4, 0.5) is 0 Å². The van der Waals surface area contributed by atoms with E-state index in [0.717, 1.165) is 21.7 Å². The zero-order valence-electron chi connectivity index (χ0n) is 12.2. The fraction of sp³-hybridized carbons (Fsp3) is 0.0588. The van der Waals surface area contributed by atoms with Gasteiger partial charge in [-0.2, -0.15) is 12.6 Å². The summed E-state index contributed by atoms with van der Waals surface area (Å²) in [5.41, 5.74) is 2.55. The molecule has 2 aromatic carbocycles. The van der Waals surface area contributed by atoms with Gasteiger partial charge in [-0.1, -0.05) is 58.8 Å². The van der Waals surface area contributed by atoms with Crippen molar-refractivity contribution in [2.75, 3.05) is 5.75 Å². The Morgan fingerprint density at radius 1 is 1.00 bits per heavy atom. The van der Waals surface area contributed by atoms with Gasteiger partial charge < -0.3 is 4.74 Å². The van der Waals surface area contributed by atoms with E-state index in [9.17, 15) is 4.79 Å². The van der Waals surface area contributed by atoms with Crippen LogP contribution in [-0.4, -0.2) is 16.7 Å². The van der Waals surface area contributed by atoms with Crippen LogP contribution in [-0.2, 0) is 4.79 Å². The van der Waals surface area contributed by atoms with Crippen molar-refractivity contribution in [1.82, 2.24) is 4.98 Å². The van der Waals surface area contributed by atoms with Gasteiger partial charge in [-0.05, 0) is 29.8 Å². The molecule has 122 valence electrons. The molecule has 0 amide bonds. The van der Waals surface area contributed by atoms with Gasteiger partial charge in [-0.15, -0.1) is 0 Å². The summed E-state index contributed by atoms with van der Waals surface area (Å²) in [6.45, 7) is 0. The lowest BCUT2D eigenvalue weighted by Crippen LogP contribution is -2.08. The summed E-state index contributed by atoms with van der Waals surface area (Å²) < 4.78 is 5.22. The van der Waals surface area contributed by atoms with Gasteiger partial charge in [0, 0.05) is 15.6 Å². The van der Waals surface area contributed by atoms with Gasteiger partial charge in [-0.25, -0.2) is 4.98 Å². The van der Waals surface area contributed by atoms with Crippen LogP contribution in [0.3, 0.4) is 0 Å².